The van der Waals surface area contributed by atoms with Crippen LogP contribution in [0.15, 0.2) is 27.4 Å². The fourth-order valence-electron chi connectivity index (χ4n) is 6.09. The van der Waals surface area contributed by atoms with E-state index in [1.54, 1.807) is 6.07 Å². The summed E-state index contributed by atoms with van der Waals surface area (Å²) in [5.74, 6) is 0.717. The van der Waals surface area contributed by atoms with Crippen molar-refractivity contribution in [1.29, 1.82) is 0 Å². The van der Waals surface area contributed by atoms with Gasteiger partial charge in [-0.25, -0.2) is 4.79 Å². The fraction of sp³-hybridized carbons (Fsp3) is 0.645. The lowest BCUT2D eigenvalue weighted by molar-refractivity contribution is -0.143. The molecule has 2 aliphatic rings. The third kappa shape index (κ3) is 7.41. The maximum Gasteiger partial charge on any atom is 0.336 e. The van der Waals surface area contributed by atoms with Crippen molar-refractivity contribution in [2.24, 2.45) is 5.92 Å². The summed E-state index contributed by atoms with van der Waals surface area (Å²) >= 11 is 0. The van der Waals surface area contributed by atoms with Crippen molar-refractivity contribution >= 4 is 22.8 Å². The first kappa shape index (κ1) is 29.1. The molecule has 2 heterocycles. The second-order valence-electron chi connectivity index (χ2n) is 11.3. The molecule has 1 saturated carbocycles. The molecule has 2 aromatic rings. The lowest BCUT2D eigenvalue weighted by Crippen LogP contribution is -2.54. The number of carbonyl (C=O) groups is 2. The van der Waals surface area contributed by atoms with E-state index in [1.165, 1.54) is 0 Å². The van der Waals surface area contributed by atoms with Crippen molar-refractivity contribution in [2.45, 2.75) is 96.5 Å². The second kappa shape index (κ2) is 13.5. The summed E-state index contributed by atoms with van der Waals surface area (Å²) in [6, 6.07) is 5.28. The van der Waals surface area contributed by atoms with Gasteiger partial charge in [0.2, 0.25) is 5.91 Å². The minimum atomic E-state index is -0.558. The van der Waals surface area contributed by atoms with Gasteiger partial charge < -0.3 is 24.5 Å². The maximum atomic E-state index is 12.7. The second-order valence-corrected chi connectivity index (χ2v) is 11.3. The topological polar surface area (TPSA) is 109 Å². The largest absolute Gasteiger partial charge is 0.483 e. The third-order valence-electron chi connectivity index (χ3n) is 8.53. The minimum absolute atomic E-state index is 0.118. The van der Waals surface area contributed by atoms with Gasteiger partial charge in [0.25, 0.3) is 5.91 Å². The van der Waals surface area contributed by atoms with Crippen LogP contribution in [0.3, 0.4) is 0 Å². The number of hydrogen-bond acceptors (Lipinski definition) is 6. The van der Waals surface area contributed by atoms with Crippen molar-refractivity contribution in [2.75, 3.05) is 26.2 Å². The van der Waals surface area contributed by atoms with Crippen molar-refractivity contribution < 1.29 is 23.8 Å². The lowest BCUT2D eigenvalue weighted by atomic mass is 9.71. The summed E-state index contributed by atoms with van der Waals surface area (Å²) in [7, 11) is 0. The van der Waals surface area contributed by atoms with Gasteiger partial charge in [-0.3, -0.25) is 9.59 Å². The Balaban J connectivity index is 1.15. The van der Waals surface area contributed by atoms with Gasteiger partial charge in [0.05, 0.1) is 5.60 Å². The highest BCUT2D eigenvalue weighted by Crippen LogP contribution is 2.40. The quantitative estimate of drug-likeness (QED) is 0.300. The summed E-state index contributed by atoms with van der Waals surface area (Å²) in [4.78, 5) is 39.0. The molecule has 4 rings (SSSR count). The Morgan fingerprint density at radius 1 is 1.18 bits per heavy atom. The summed E-state index contributed by atoms with van der Waals surface area (Å²) in [6.07, 6.45) is 10.6. The number of nitrogens with one attached hydrogen (secondary N) is 1. The molecule has 2 amide bonds. The Kier molecular flexibility index (Phi) is 10.1. The number of likely N-dealkylation sites (tertiary alicyclic amines) is 1. The highest BCUT2D eigenvalue weighted by Gasteiger charge is 2.43. The number of fused-ring (bicyclic) bond motifs is 2. The minimum Gasteiger partial charge on any atom is -0.483 e. The molecule has 8 nitrogen and oxygen atoms in total. The van der Waals surface area contributed by atoms with E-state index in [9.17, 15) is 19.5 Å². The Labute approximate surface area is 231 Å². The zero-order valence-corrected chi connectivity index (χ0v) is 23.6. The first-order chi connectivity index (χ1) is 18.8. The molecule has 1 aliphatic heterocycles. The van der Waals surface area contributed by atoms with Gasteiger partial charge in [0.1, 0.15) is 11.3 Å². The number of ether oxygens (including phenoxy) is 1. The summed E-state index contributed by atoms with van der Waals surface area (Å²) in [6.45, 7) is 5.71. The molecular formula is C31H44N2O6. The number of hydrogen-bond donors (Lipinski definition) is 2. The number of aliphatic hydroxyl groups is 1. The summed E-state index contributed by atoms with van der Waals surface area (Å²) in [5, 5.41) is 14.6. The van der Waals surface area contributed by atoms with E-state index in [4.69, 9.17) is 9.15 Å². The normalized spacial score (nSPS) is 21.0. The van der Waals surface area contributed by atoms with E-state index in [2.05, 4.69) is 12.2 Å². The van der Waals surface area contributed by atoms with Crippen LogP contribution in [-0.2, 0) is 16.0 Å². The van der Waals surface area contributed by atoms with E-state index in [1.807, 2.05) is 24.0 Å². The number of aryl methyl sites for hydroxylation is 2. The first-order valence-electron chi connectivity index (χ1n) is 14.8. The molecule has 39 heavy (non-hydrogen) atoms. The predicted octanol–water partition coefficient (Wildman–Crippen LogP) is 4.65. The van der Waals surface area contributed by atoms with E-state index in [-0.39, 0.29) is 30.0 Å². The number of carbonyl (C=O) groups excluding carboxylic acids is 2. The van der Waals surface area contributed by atoms with Crippen LogP contribution in [0.25, 0.3) is 11.0 Å². The molecule has 1 aromatic heterocycles. The average Bonchev–Trinajstić information content (AvgIpc) is 2.92. The molecule has 2 atom stereocenters. The highest BCUT2D eigenvalue weighted by molar-refractivity contribution is 5.85. The number of nitrogens with zero attached hydrogens (tertiary/aromatic N) is 1. The molecule has 2 fully saturated rings. The van der Waals surface area contributed by atoms with Crippen LogP contribution in [0.1, 0.15) is 88.7 Å². The van der Waals surface area contributed by atoms with E-state index < -0.39 is 5.60 Å². The Morgan fingerprint density at radius 3 is 2.85 bits per heavy atom. The van der Waals surface area contributed by atoms with Crippen LogP contribution in [0.5, 0.6) is 5.75 Å². The smallest absolute Gasteiger partial charge is 0.336 e. The van der Waals surface area contributed by atoms with E-state index >= 15 is 0 Å². The zero-order valence-electron chi connectivity index (χ0n) is 23.6. The standard InChI is InChI=1S/C31H44N2O6/c1-3-4-10-23-19-29(36)39-30-22(2)26(14-13-25(23)30)38-21-27(34)32-17-9-5-6-12-28(35)33-18-16-31(37)15-8-7-11-24(31)20-33/h13-14,19,24,37H,3-12,15-18,20-21H2,1-2H3,(H,32,34)/t24-,31+/m1/s1. The molecule has 1 aliphatic carbocycles. The molecular weight excluding hydrogens is 496 g/mol. The Morgan fingerprint density at radius 2 is 2.03 bits per heavy atom. The molecule has 1 saturated heterocycles. The van der Waals surface area contributed by atoms with Crippen LogP contribution in [0.2, 0.25) is 0 Å². The summed E-state index contributed by atoms with van der Waals surface area (Å²) in [5.41, 5.74) is 1.27. The van der Waals surface area contributed by atoms with Gasteiger partial charge in [0, 0.05) is 49.0 Å². The van der Waals surface area contributed by atoms with Gasteiger partial charge in [-0.15, -0.1) is 0 Å². The molecule has 214 valence electrons. The third-order valence-corrected chi connectivity index (χ3v) is 8.53. The lowest BCUT2D eigenvalue weighted by Gasteiger charge is -2.47. The Bertz CT molecular complexity index is 1210. The van der Waals surface area contributed by atoms with Crippen LogP contribution in [0.4, 0.5) is 0 Å². The SMILES string of the molecule is CCCCc1cc(=O)oc2c(C)c(OCC(=O)NCCCCCC(=O)N3CC[C@@]4(O)CCCC[C@@H]4C3)ccc12. The van der Waals surface area contributed by atoms with Crippen LogP contribution in [0, 0.1) is 12.8 Å². The van der Waals surface area contributed by atoms with E-state index in [0.29, 0.717) is 49.4 Å². The molecule has 0 bridgehead atoms. The van der Waals surface area contributed by atoms with Crippen molar-refractivity contribution in [3.05, 3.63) is 39.7 Å². The zero-order chi connectivity index (χ0) is 27.8. The van der Waals surface area contributed by atoms with Crippen LogP contribution in [-0.4, -0.2) is 53.7 Å². The predicted molar refractivity (Wildman–Crippen MR) is 151 cm³/mol. The van der Waals surface area contributed by atoms with Crippen LogP contribution < -0.4 is 15.7 Å². The number of rotatable bonds is 12. The molecule has 0 radical (unpaired) electrons. The van der Waals surface area contributed by atoms with E-state index in [0.717, 1.165) is 75.2 Å². The van der Waals surface area contributed by atoms with Gasteiger partial charge in [-0.05, 0) is 69.6 Å². The number of piperidine rings is 1. The number of unbranched alkanes of at least 4 members (excludes halogenated alkanes) is 3. The first-order valence-corrected chi connectivity index (χ1v) is 14.8. The van der Waals surface area contributed by atoms with Gasteiger partial charge in [-0.2, -0.15) is 0 Å². The molecule has 2 N–H and O–H groups in total. The van der Waals surface area contributed by atoms with Gasteiger partial charge in [0.15, 0.2) is 6.61 Å². The van der Waals surface area contributed by atoms with Gasteiger partial charge >= 0.3 is 5.63 Å². The molecule has 0 spiro atoms. The number of benzene rings is 1. The molecule has 0 unspecified atom stereocenters. The maximum absolute atomic E-state index is 12.7. The fourth-order valence-corrected chi connectivity index (χ4v) is 6.09. The van der Waals surface area contributed by atoms with Crippen molar-refractivity contribution in [1.82, 2.24) is 10.2 Å². The molecule has 8 heteroatoms. The molecule has 1 aromatic carbocycles. The van der Waals surface area contributed by atoms with Crippen molar-refractivity contribution in [3.63, 3.8) is 0 Å². The Hall–Kier alpha value is -2.87. The average molecular weight is 541 g/mol. The van der Waals surface area contributed by atoms with Crippen LogP contribution >= 0.6 is 0 Å². The number of amides is 2. The monoisotopic (exact) mass is 540 g/mol. The highest BCUT2D eigenvalue weighted by atomic mass is 16.5. The van der Waals surface area contributed by atoms with Crippen molar-refractivity contribution in [3.8, 4) is 5.75 Å². The summed E-state index contributed by atoms with van der Waals surface area (Å²) < 4.78 is 11.2. The van der Waals surface area contributed by atoms with Gasteiger partial charge in [-0.1, -0.05) is 32.6 Å².